The highest BCUT2D eigenvalue weighted by atomic mass is 35.5. The molecule has 6 nitrogen and oxygen atoms in total. The van der Waals surface area contributed by atoms with Gasteiger partial charge in [-0.1, -0.05) is 41.9 Å². The highest BCUT2D eigenvalue weighted by Gasteiger charge is 2.35. The summed E-state index contributed by atoms with van der Waals surface area (Å²) in [7, 11) is 0. The summed E-state index contributed by atoms with van der Waals surface area (Å²) >= 11 is 7.37. The highest BCUT2D eigenvalue weighted by molar-refractivity contribution is 8.26. The smallest absolute Gasteiger partial charge is 0.283 e. The van der Waals surface area contributed by atoms with E-state index in [0.717, 1.165) is 33.2 Å². The molecule has 164 valence electrons. The van der Waals surface area contributed by atoms with Gasteiger partial charge in [-0.3, -0.25) is 10.2 Å². The standard InChI is InChI=1S/C25H20ClN5OS/c1-15-12-18(16(2)30(15)20-10-8-19(26)9-11-20)14-21-23(27)31-25(28-24(21)32)33-22(29-31)13-17-6-4-3-5-7-17/h3-12,14,27H,13H2,1-2H3/b21-14+,27-23?. The number of aryl methyl sites for hydroxylation is 1. The van der Waals surface area contributed by atoms with Crippen molar-refractivity contribution in [1.29, 1.82) is 5.41 Å². The van der Waals surface area contributed by atoms with Crippen molar-refractivity contribution in [2.24, 2.45) is 10.1 Å². The zero-order valence-electron chi connectivity index (χ0n) is 18.0. The minimum absolute atomic E-state index is 0.0388. The number of nitrogens with zero attached hydrogens (tertiary/aromatic N) is 4. The van der Waals surface area contributed by atoms with Crippen LogP contribution < -0.4 is 0 Å². The number of hydrazone groups is 1. The van der Waals surface area contributed by atoms with Gasteiger partial charge in [0, 0.05) is 28.5 Å². The lowest BCUT2D eigenvalue weighted by Crippen LogP contribution is -2.35. The van der Waals surface area contributed by atoms with Gasteiger partial charge in [-0.05, 0) is 73.1 Å². The molecule has 3 aromatic rings. The summed E-state index contributed by atoms with van der Waals surface area (Å²) in [5.74, 6) is -0.386. The predicted molar refractivity (Wildman–Crippen MR) is 135 cm³/mol. The Labute approximate surface area is 200 Å². The van der Waals surface area contributed by atoms with Crippen molar-refractivity contribution in [2.75, 3.05) is 0 Å². The van der Waals surface area contributed by atoms with Crippen molar-refractivity contribution >= 4 is 51.4 Å². The molecular formula is C25H20ClN5OS. The van der Waals surface area contributed by atoms with Crippen LogP contribution >= 0.6 is 23.4 Å². The van der Waals surface area contributed by atoms with Gasteiger partial charge in [-0.2, -0.15) is 15.1 Å². The number of carbonyl (C=O) groups is 1. The fraction of sp³-hybridized carbons (Fsp3) is 0.120. The molecule has 2 aliphatic rings. The van der Waals surface area contributed by atoms with Gasteiger partial charge in [0.1, 0.15) is 5.04 Å². The van der Waals surface area contributed by atoms with Crippen molar-refractivity contribution in [2.45, 2.75) is 20.3 Å². The van der Waals surface area contributed by atoms with E-state index in [9.17, 15) is 4.79 Å². The molecule has 3 heterocycles. The van der Waals surface area contributed by atoms with E-state index >= 15 is 0 Å². The molecule has 5 rings (SSSR count). The van der Waals surface area contributed by atoms with E-state index in [1.807, 2.05) is 74.5 Å². The van der Waals surface area contributed by atoms with E-state index in [2.05, 4.69) is 14.7 Å². The second-order valence-corrected chi connectivity index (χ2v) is 9.29. The molecule has 33 heavy (non-hydrogen) atoms. The molecule has 0 saturated carbocycles. The van der Waals surface area contributed by atoms with Crippen LogP contribution in [0, 0.1) is 19.3 Å². The zero-order chi connectivity index (χ0) is 23.1. The molecule has 0 spiro atoms. The second-order valence-electron chi connectivity index (χ2n) is 7.81. The first-order chi connectivity index (χ1) is 15.9. The minimum Gasteiger partial charge on any atom is -0.318 e. The van der Waals surface area contributed by atoms with Crippen LogP contribution in [0.5, 0.6) is 0 Å². The molecule has 2 aliphatic heterocycles. The molecule has 8 heteroatoms. The summed E-state index contributed by atoms with van der Waals surface area (Å²) in [5.41, 5.74) is 5.15. The number of amidine groups is 2. The lowest BCUT2D eigenvalue weighted by Gasteiger charge is -2.20. The van der Waals surface area contributed by atoms with E-state index < -0.39 is 5.91 Å². The number of aliphatic imine (C=N–C) groups is 1. The van der Waals surface area contributed by atoms with Gasteiger partial charge in [-0.25, -0.2) is 0 Å². The van der Waals surface area contributed by atoms with Crippen molar-refractivity contribution in [3.8, 4) is 5.69 Å². The van der Waals surface area contributed by atoms with Gasteiger partial charge in [0.15, 0.2) is 5.84 Å². The minimum atomic E-state index is -0.425. The summed E-state index contributed by atoms with van der Waals surface area (Å²) in [6, 6.07) is 19.6. The molecule has 0 atom stereocenters. The van der Waals surface area contributed by atoms with Crippen LogP contribution in [0.1, 0.15) is 22.5 Å². The van der Waals surface area contributed by atoms with Crippen LogP contribution in [0.15, 0.2) is 76.3 Å². The summed E-state index contributed by atoms with van der Waals surface area (Å²) in [4.78, 5) is 17.0. The van der Waals surface area contributed by atoms with Gasteiger partial charge in [0.25, 0.3) is 5.91 Å². The van der Waals surface area contributed by atoms with Gasteiger partial charge in [-0.15, -0.1) is 0 Å². The Morgan fingerprint density at radius 2 is 1.82 bits per heavy atom. The Bertz CT molecular complexity index is 1370. The number of thioether (sulfide) groups is 1. The van der Waals surface area contributed by atoms with Crippen molar-refractivity contribution in [3.63, 3.8) is 0 Å². The molecule has 0 unspecified atom stereocenters. The maximum Gasteiger partial charge on any atom is 0.283 e. The molecule has 0 bridgehead atoms. The predicted octanol–water partition coefficient (Wildman–Crippen LogP) is 5.61. The third-order valence-corrected chi connectivity index (χ3v) is 6.71. The van der Waals surface area contributed by atoms with Crippen LogP contribution in [-0.2, 0) is 11.2 Å². The van der Waals surface area contributed by atoms with Crippen LogP contribution in [0.4, 0.5) is 0 Å². The maximum absolute atomic E-state index is 12.8. The average Bonchev–Trinajstić information content (AvgIpc) is 3.32. The molecule has 2 aromatic carbocycles. The first kappa shape index (κ1) is 21.4. The zero-order valence-corrected chi connectivity index (χ0v) is 19.6. The third-order valence-electron chi connectivity index (χ3n) is 5.55. The lowest BCUT2D eigenvalue weighted by atomic mass is 10.1. The Balaban J connectivity index is 1.46. The van der Waals surface area contributed by atoms with Gasteiger partial charge in [0.05, 0.1) is 5.57 Å². The molecular weight excluding hydrogens is 454 g/mol. The molecule has 0 radical (unpaired) electrons. The van der Waals surface area contributed by atoms with Gasteiger partial charge >= 0.3 is 0 Å². The Kier molecular flexibility index (Phi) is 5.52. The lowest BCUT2D eigenvalue weighted by molar-refractivity contribution is -0.114. The number of aromatic nitrogens is 1. The van der Waals surface area contributed by atoms with Crippen LogP contribution in [0.25, 0.3) is 11.8 Å². The number of amides is 1. The topological polar surface area (TPSA) is 73.8 Å². The number of halogens is 1. The first-order valence-electron chi connectivity index (χ1n) is 10.4. The van der Waals surface area contributed by atoms with E-state index in [1.165, 1.54) is 16.8 Å². The molecule has 1 aromatic heterocycles. The molecule has 0 fully saturated rings. The number of rotatable bonds is 4. The molecule has 1 amide bonds. The molecule has 0 saturated heterocycles. The number of fused-ring (bicyclic) bond motifs is 1. The number of nitrogens with one attached hydrogen (secondary N) is 1. The summed E-state index contributed by atoms with van der Waals surface area (Å²) in [6.07, 6.45) is 2.36. The van der Waals surface area contributed by atoms with E-state index in [-0.39, 0.29) is 11.4 Å². The van der Waals surface area contributed by atoms with Crippen LogP contribution in [0.2, 0.25) is 5.02 Å². The fourth-order valence-electron chi connectivity index (χ4n) is 3.95. The normalized spacial score (nSPS) is 16.8. The summed E-state index contributed by atoms with van der Waals surface area (Å²) < 4.78 is 2.09. The second kappa shape index (κ2) is 8.50. The SMILES string of the molecule is Cc1cc(/C=C2\C(=N)N3N=C(Cc4ccccc4)SC3=NC2=O)c(C)n1-c1ccc(Cl)cc1. The van der Waals surface area contributed by atoms with E-state index in [0.29, 0.717) is 16.6 Å². The number of carbonyl (C=O) groups excluding carboxylic acids is 1. The Hall–Kier alpha value is -3.42. The van der Waals surface area contributed by atoms with Crippen LogP contribution in [0.3, 0.4) is 0 Å². The quantitative estimate of drug-likeness (QED) is 0.500. The van der Waals surface area contributed by atoms with E-state index in [1.54, 1.807) is 6.08 Å². The highest BCUT2D eigenvalue weighted by Crippen LogP contribution is 2.31. The van der Waals surface area contributed by atoms with E-state index in [4.69, 9.17) is 17.0 Å². The maximum atomic E-state index is 12.8. The number of hydrogen-bond acceptors (Lipinski definition) is 4. The molecule has 1 N–H and O–H groups in total. The van der Waals surface area contributed by atoms with Crippen molar-refractivity contribution in [1.82, 2.24) is 9.58 Å². The number of benzene rings is 2. The number of hydrogen-bond donors (Lipinski definition) is 1. The fourth-order valence-corrected chi connectivity index (χ4v) is 5.00. The van der Waals surface area contributed by atoms with Gasteiger partial charge < -0.3 is 4.57 Å². The van der Waals surface area contributed by atoms with Crippen molar-refractivity contribution < 1.29 is 4.79 Å². The molecule has 0 aliphatic carbocycles. The summed E-state index contributed by atoms with van der Waals surface area (Å²) in [6.45, 7) is 3.99. The first-order valence-corrected chi connectivity index (χ1v) is 11.6. The average molecular weight is 474 g/mol. The largest absolute Gasteiger partial charge is 0.318 e. The van der Waals surface area contributed by atoms with Crippen LogP contribution in [-0.4, -0.2) is 31.5 Å². The van der Waals surface area contributed by atoms with Gasteiger partial charge in [0.2, 0.25) is 5.17 Å². The van der Waals surface area contributed by atoms with Crippen molar-refractivity contribution in [3.05, 3.63) is 93.8 Å². The Morgan fingerprint density at radius 3 is 2.55 bits per heavy atom. The third kappa shape index (κ3) is 4.05. The summed E-state index contributed by atoms with van der Waals surface area (Å²) in [5, 5.41) is 16.6. The monoisotopic (exact) mass is 473 g/mol. The Morgan fingerprint density at radius 1 is 1.09 bits per heavy atom.